The monoisotopic (exact) mass is 328 g/mol. The zero-order chi connectivity index (χ0) is 17.5. The molecule has 1 N–H and O–H groups in total. The predicted octanol–water partition coefficient (Wildman–Crippen LogP) is 2.21. The summed E-state index contributed by atoms with van der Waals surface area (Å²) in [6.07, 6.45) is 4.68. The Hall–Kier alpha value is -3.09. The number of ether oxygens (including phenoxy) is 2. The first kappa shape index (κ1) is 17.3. The highest BCUT2D eigenvalue weighted by Gasteiger charge is 2.11. The van der Waals surface area contributed by atoms with Crippen LogP contribution >= 0.6 is 0 Å². The van der Waals surface area contributed by atoms with Crippen molar-refractivity contribution in [2.24, 2.45) is 0 Å². The number of anilines is 2. The molecule has 1 aromatic heterocycles. The maximum absolute atomic E-state index is 12.1. The smallest absolute Gasteiger partial charge is 0.318 e. The van der Waals surface area contributed by atoms with Gasteiger partial charge in [0.2, 0.25) is 5.91 Å². The molecule has 1 amide bonds. The summed E-state index contributed by atoms with van der Waals surface area (Å²) in [5, 5.41) is 2.76. The Morgan fingerprint density at radius 2 is 1.88 bits per heavy atom. The number of carbonyl (C=O) groups excluding carboxylic acids is 1. The lowest BCUT2D eigenvalue weighted by Gasteiger charge is -2.16. The highest BCUT2D eigenvalue weighted by molar-refractivity contribution is 6.03. The van der Waals surface area contributed by atoms with Crippen LogP contribution in [-0.2, 0) is 4.79 Å². The quantitative estimate of drug-likeness (QED) is 0.819. The summed E-state index contributed by atoms with van der Waals surface area (Å²) < 4.78 is 10.1. The SMILES string of the molecule is COc1ccc(/C=C/C(=O)Nc2cnc(OC)nc2N(C)C)cc1. The van der Waals surface area contributed by atoms with E-state index in [-0.39, 0.29) is 11.9 Å². The number of nitrogens with zero attached hydrogens (tertiary/aromatic N) is 3. The van der Waals surface area contributed by atoms with Crippen molar-refractivity contribution in [1.29, 1.82) is 0 Å². The van der Waals surface area contributed by atoms with Gasteiger partial charge >= 0.3 is 6.01 Å². The van der Waals surface area contributed by atoms with E-state index in [9.17, 15) is 4.79 Å². The zero-order valence-corrected chi connectivity index (χ0v) is 14.1. The molecule has 0 aliphatic rings. The van der Waals surface area contributed by atoms with Gasteiger partial charge in [-0.2, -0.15) is 4.98 Å². The second-order valence-corrected chi connectivity index (χ2v) is 5.08. The van der Waals surface area contributed by atoms with Crippen molar-refractivity contribution in [3.05, 3.63) is 42.1 Å². The van der Waals surface area contributed by atoms with Crippen molar-refractivity contribution >= 4 is 23.5 Å². The Labute approximate surface area is 140 Å². The van der Waals surface area contributed by atoms with Crippen molar-refractivity contribution < 1.29 is 14.3 Å². The molecule has 1 aromatic carbocycles. The molecule has 0 saturated heterocycles. The minimum Gasteiger partial charge on any atom is -0.497 e. The lowest BCUT2D eigenvalue weighted by molar-refractivity contribution is -0.111. The fraction of sp³-hybridized carbons (Fsp3) is 0.235. The molecular formula is C17H20N4O3. The van der Waals surface area contributed by atoms with Crippen molar-refractivity contribution in [1.82, 2.24) is 9.97 Å². The largest absolute Gasteiger partial charge is 0.497 e. The zero-order valence-electron chi connectivity index (χ0n) is 14.1. The van der Waals surface area contributed by atoms with Crippen LogP contribution in [0.5, 0.6) is 11.8 Å². The van der Waals surface area contributed by atoms with Gasteiger partial charge in [-0.25, -0.2) is 4.98 Å². The van der Waals surface area contributed by atoms with E-state index in [1.54, 1.807) is 18.1 Å². The molecule has 2 rings (SSSR count). The molecule has 0 fully saturated rings. The van der Waals surface area contributed by atoms with Crippen molar-refractivity contribution in [3.8, 4) is 11.8 Å². The highest BCUT2D eigenvalue weighted by atomic mass is 16.5. The summed E-state index contributed by atoms with van der Waals surface area (Å²) in [5.74, 6) is 1.05. The van der Waals surface area contributed by atoms with E-state index in [0.29, 0.717) is 11.5 Å². The van der Waals surface area contributed by atoms with Crippen LogP contribution in [0.2, 0.25) is 0 Å². The molecule has 7 nitrogen and oxygen atoms in total. The molecule has 0 radical (unpaired) electrons. The number of rotatable bonds is 6. The van der Waals surface area contributed by atoms with E-state index in [4.69, 9.17) is 9.47 Å². The van der Waals surface area contributed by atoms with E-state index in [1.165, 1.54) is 19.4 Å². The van der Waals surface area contributed by atoms with Crippen LogP contribution in [0.15, 0.2) is 36.5 Å². The molecule has 0 aliphatic heterocycles. The number of amides is 1. The van der Waals surface area contributed by atoms with Crippen molar-refractivity contribution in [2.45, 2.75) is 0 Å². The first-order valence-corrected chi connectivity index (χ1v) is 7.25. The third kappa shape index (κ3) is 4.45. The molecular weight excluding hydrogens is 308 g/mol. The lowest BCUT2D eigenvalue weighted by Crippen LogP contribution is -2.17. The van der Waals surface area contributed by atoms with Gasteiger partial charge in [0.1, 0.15) is 11.4 Å². The number of carbonyl (C=O) groups is 1. The van der Waals surface area contributed by atoms with Crippen LogP contribution in [0.25, 0.3) is 6.08 Å². The van der Waals surface area contributed by atoms with Gasteiger partial charge in [0.05, 0.1) is 20.4 Å². The normalized spacial score (nSPS) is 10.5. The standard InChI is InChI=1S/C17H20N4O3/c1-21(2)16-14(11-18-17(20-16)24-4)19-15(22)10-7-12-5-8-13(23-3)9-6-12/h5-11H,1-4H3,(H,19,22)/b10-7+. The van der Waals surface area contributed by atoms with Gasteiger partial charge in [-0.1, -0.05) is 12.1 Å². The number of methoxy groups -OCH3 is 2. The summed E-state index contributed by atoms with van der Waals surface area (Å²) in [6, 6.07) is 7.64. The molecule has 2 aromatic rings. The molecule has 24 heavy (non-hydrogen) atoms. The van der Waals surface area contributed by atoms with E-state index in [1.807, 2.05) is 38.4 Å². The summed E-state index contributed by atoms with van der Waals surface area (Å²) in [4.78, 5) is 22.1. The maximum Gasteiger partial charge on any atom is 0.318 e. The Kier molecular flexibility index (Phi) is 5.73. The van der Waals surface area contributed by atoms with Crippen molar-refractivity contribution in [3.63, 3.8) is 0 Å². The number of hydrogen-bond donors (Lipinski definition) is 1. The summed E-state index contributed by atoms with van der Waals surface area (Å²) >= 11 is 0. The van der Waals surface area contributed by atoms with Gasteiger partial charge in [-0.05, 0) is 23.8 Å². The van der Waals surface area contributed by atoms with Gasteiger partial charge in [0, 0.05) is 20.2 Å². The van der Waals surface area contributed by atoms with E-state index >= 15 is 0 Å². The molecule has 0 aliphatic carbocycles. The minimum absolute atomic E-state index is 0.241. The summed E-state index contributed by atoms with van der Waals surface area (Å²) in [5.41, 5.74) is 1.40. The number of aromatic nitrogens is 2. The van der Waals surface area contributed by atoms with Crippen LogP contribution in [0.1, 0.15) is 5.56 Å². The lowest BCUT2D eigenvalue weighted by atomic mass is 10.2. The summed E-state index contributed by atoms with van der Waals surface area (Å²) in [7, 11) is 6.75. The number of benzene rings is 1. The average Bonchev–Trinajstić information content (AvgIpc) is 2.60. The van der Waals surface area contributed by atoms with Gasteiger partial charge in [0.15, 0.2) is 5.82 Å². The van der Waals surface area contributed by atoms with Crippen LogP contribution in [-0.4, -0.2) is 44.2 Å². The Balaban J connectivity index is 2.09. The Morgan fingerprint density at radius 1 is 1.17 bits per heavy atom. The fourth-order valence-corrected chi connectivity index (χ4v) is 1.95. The van der Waals surface area contributed by atoms with Gasteiger partial charge in [-0.15, -0.1) is 0 Å². The first-order chi connectivity index (χ1) is 11.5. The van der Waals surface area contributed by atoms with Gasteiger partial charge in [-0.3, -0.25) is 4.79 Å². The fourth-order valence-electron chi connectivity index (χ4n) is 1.95. The van der Waals surface area contributed by atoms with Crippen LogP contribution in [0.3, 0.4) is 0 Å². The predicted molar refractivity (Wildman–Crippen MR) is 93.6 cm³/mol. The third-order valence-electron chi connectivity index (χ3n) is 3.15. The van der Waals surface area contributed by atoms with E-state index in [2.05, 4.69) is 15.3 Å². The van der Waals surface area contributed by atoms with Crippen molar-refractivity contribution in [2.75, 3.05) is 38.5 Å². The Morgan fingerprint density at radius 3 is 2.46 bits per heavy atom. The molecule has 0 spiro atoms. The molecule has 7 heteroatoms. The molecule has 0 bridgehead atoms. The minimum atomic E-state index is -0.275. The van der Waals surface area contributed by atoms with Gasteiger partial charge in [0.25, 0.3) is 0 Å². The van der Waals surface area contributed by atoms with Crippen LogP contribution in [0, 0.1) is 0 Å². The maximum atomic E-state index is 12.1. The van der Waals surface area contributed by atoms with Crippen LogP contribution < -0.4 is 19.7 Å². The topological polar surface area (TPSA) is 76.6 Å². The second-order valence-electron chi connectivity index (χ2n) is 5.08. The molecule has 0 saturated carbocycles. The number of hydrogen-bond acceptors (Lipinski definition) is 6. The molecule has 0 unspecified atom stereocenters. The number of nitrogens with one attached hydrogen (secondary N) is 1. The highest BCUT2D eigenvalue weighted by Crippen LogP contribution is 2.22. The average molecular weight is 328 g/mol. The Bertz CT molecular complexity index is 727. The molecule has 1 heterocycles. The second kappa shape index (κ2) is 7.96. The molecule has 126 valence electrons. The van der Waals surface area contributed by atoms with E-state index in [0.717, 1.165) is 11.3 Å². The third-order valence-corrected chi connectivity index (χ3v) is 3.15. The van der Waals surface area contributed by atoms with E-state index < -0.39 is 0 Å². The summed E-state index contributed by atoms with van der Waals surface area (Å²) in [6.45, 7) is 0. The first-order valence-electron chi connectivity index (χ1n) is 7.25. The van der Waals surface area contributed by atoms with Gasteiger partial charge < -0.3 is 19.7 Å². The molecule has 0 atom stereocenters. The van der Waals surface area contributed by atoms with Crippen LogP contribution in [0.4, 0.5) is 11.5 Å².